The lowest BCUT2D eigenvalue weighted by molar-refractivity contribution is 0.953. The SMILES string of the molecule is c1ccc(-c2nc(-c3ccccc3)nc(-c3ccc(-c4nc(-c5ccc(-c6nc(-c7ccccc7)nc(-c7ccccc7)n6)cc5)nc(-n5c6ccccc6c6ccccc65)n4)cc3)n2)cc1. The van der Waals surface area contributed by atoms with Crippen molar-refractivity contribution in [2.75, 3.05) is 0 Å². The first-order valence-electron chi connectivity index (χ1n) is 21.9. The van der Waals surface area contributed by atoms with Crippen LogP contribution < -0.4 is 0 Å². The van der Waals surface area contributed by atoms with Crippen LogP contribution in [-0.4, -0.2) is 49.4 Å². The van der Waals surface area contributed by atoms with E-state index in [1.165, 1.54) is 0 Å². The smallest absolute Gasteiger partial charge is 0.238 e. The number of fused-ring (bicyclic) bond motifs is 3. The van der Waals surface area contributed by atoms with Crippen molar-refractivity contribution >= 4 is 21.8 Å². The van der Waals surface area contributed by atoms with Gasteiger partial charge < -0.3 is 0 Å². The van der Waals surface area contributed by atoms with E-state index in [0.717, 1.165) is 66.3 Å². The molecule has 12 aromatic rings. The Bertz CT molecular complexity index is 3360. The van der Waals surface area contributed by atoms with Crippen LogP contribution in [0.25, 0.3) is 119 Å². The Morgan fingerprint density at radius 1 is 0.194 bits per heavy atom. The molecule has 10 nitrogen and oxygen atoms in total. The monoisotopic (exact) mass is 860 g/mol. The van der Waals surface area contributed by atoms with Crippen molar-refractivity contribution in [2.24, 2.45) is 0 Å². The molecule has 12 rings (SSSR count). The quantitative estimate of drug-likeness (QED) is 0.140. The Hall–Kier alpha value is -9.41. The maximum atomic E-state index is 5.20. The minimum absolute atomic E-state index is 0.500. The lowest BCUT2D eigenvalue weighted by Crippen LogP contribution is -2.06. The molecular formula is C57H36N10. The highest BCUT2D eigenvalue weighted by atomic mass is 15.2. The Labute approximate surface area is 385 Å². The second kappa shape index (κ2) is 16.9. The second-order valence-electron chi connectivity index (χ2n) is 15.9. The summed E-state index contributed by atoms with van der Waals surface area (Å²) in [4.78, 5) is 45.1. The molecule has 4 aromatic heterocycles. The van der Waals surface area contributed by atoms with Gasteiger partial charge in [0, 0.05) is 55.3 Å². The molecule has 0 saturated heterocycles. The molecule has 314 valence electrons. The highest BCUT2D eigenvalue weighted by Gasteiger charge is 2.19. The van der Waals surface area contributed by atoms with Crippen LogP contribution in [0.1, 0.15) is 0 Å². The summed E-state index contributed by atoms with van der Waals surface area (Å²) < 4.78 is 2.12. The highest BCUT2D eigenvalue weighted by molar-refractivity contribution is 6.09. The van der Waals surface area contributed by atoms with Gasteiger partial charge in [0.25, 0.3) is 0 Å². The fraction of sp³-hybridized carbons (Fsp3) is 0. The molecule has 8 aromatic carbocycles. The summed E-state index contributed by atoms with van der Waals surface area (Å²) in [5.74, 6) is 5.05. The van der Waals surface area contributed by atoms with Gasteiger partial charge in [0.1, 0.15) is 0 Å². The molecule has 0 fully saturated rings. The van der Waals surface area contributed by atoms with Crippen LogP contribution in [0.4, 0.5) is 0 Å². The summed E-state index contributed by atoms with van der Waals surface area (Å²) in [5.41, 5.74) is 8.89. The van der Waals surface area contributed by atoms with Crippen LogP contribution in [-0.2, 0) is 0 Å². The van der Waals surface area contributed by atoms with Crippen LogP contribution in [0.2, 0.25) is 0 Å². The lowest BCUT2D eigenvalue weighted by atomic mass is 10.1. The van der Waals surface area contributed by atoms with Gasteiger partial charge in [0.05, 0.1) is 11.0 Å². The number of aromatic nitrogens is 10. The fourth-order valence-corrected chi connectivity index (χ4v) is 8.27. The van der Waals surface area contributed by atoms with Gasteiger partial charge in [0.15, 0.2) is 46.6 Å². The number of rotatable bonds is 9. The number of nitrogens with zero attached hydrogens (tertiary/aromatic N) is 10. The standard InChI is InChI=1S/C57H36N10/c1-5-17-37(18-6-1)49-58-50(38-19-7-2-8-20-38)61-53(60-49)41-29-33-43(34-30-41)55-64-56(66-57(65-55)67-47-27-15-13-25-45(47)46-26-14-16-28-48(46)67)44-35-31-42(32-36-44)54-62-51(39-21-9-3-10-22-39)59-52(63-54)40-23-11-4-12-24-40/h1-36H. The van der Waals surface area contributed by atoms with E-state index in [4.69, 9.17) is 44.9 Å². The largest absolute Gasteiger partial charge is 0.278 e. The first kappa shape index (κ1) is 39.2. The first-order chi connectivity index (χ1) is 33.2. The summed E-state index contributed by atoms with van der Waals surface area (Å²) in [6, 6.07) is 72.6. The van der Waals surface area contributed by atoms with Crippen LogP contribution >= 0.6 is 0 Å². The predicted octanol–water partition coefficient (Wildman–Crippen LogP) is 12.7. The van der Waals surface area contributed by atoms with Gasteiger partial charge in [-0.05, 0) is 12.1 Å². The van der Waals surface area contributed by atoms with Crippen LogP contribution in [0.3, 0.4) is 0 Å². The fourth-order valence-electron chi connectivity index (χ4n) is 8.27. The molecule has 0 aliphatic carbocycles. The number of hydrogen-bond donors (Lipinski definition) is 0. The topological polar surface area (TPSA) is 121 Å². The summed E-state index contributed by atoms with van der Waals surface area (Å²) in [6.45, 7) is 0. The van der Waals surface area contributed by atoms with Gasteiger partial charge in [0.2, 0.25) is 5.95 Å². The number of para-hydroxylation sites is 2. The third kappa shape index (κ3) is 7.64. The molecule has 0 N–H and O–H groups in total. The van der Waals surface area contributed by atoms with Crippen LogP contribution in [0.5, 0.6) is 0 Å². The zero-order valence-corrected chi connectivity index (χ0v) is 35.8. The normalized spacial score (nSPS) is 11.3. The van der Waals surface area contributed by atoms with E-state index < -0.39 is 0 Å². The van der Waals surface area contributed by atoms with Crippen molar-refractivity contribution in [1.29, 1.82) is 0 Å². The van der Waals surface area contributed by atoms with Crippen molar-refractivity contribution in [3.05, 3.63) is 218 Å². The minimum Gasteiger partial charge on any atom is -0.278 e. The van der Waals surface area contributed by atoms with Crippen molar-refractivity contribution in [3.8, 4) is 97.1 Å². The number of hydrogen-bond acceptors (Lipinski definition) is 9. The highest BCUT2D eigenvalue weighted by Crippen LogP contribution is 2.34. The molecule has 0 aliphatic rings. The van der Waals surface area contributed by atoms with Crippen molar-refractivity contribution in [3.63, 3.8) is 0 Å². The third-order valence-electron chi connectivity index (χ3n) is 11.6. The molecule has 4 heterocycles. The van der Waals surface area contributed by atoms with Gasteiger partial charge in [-0.1, -0.05) is 206 Å². The van der Waals surface area contributed by atoms with E-state index in [1.54, 1.807) is 0 Å². The zero-order chi connectivity index (χ0) is 44.5. The molecular weight excluding hydrogens is 825 g/mol. The second-order valence-corrected chi connectivity index (χ2v) is 15.9. The average molecular weight is 861 g/mol. The third-order valence-corrected chi connectivity index (χ3v) is 11.6. The summed E-state index contributed by atoms with van der Waals surface area (Å²) in [5, 5.41) is 2.22. The Kier molecular flexibility index (Phi) is 9.91. The van der Waals surface area contributed by atoms with Gasteiger partial charge in [-0.2, -0.15) is 9.97 Å². The van der Waals surface area contributed by atoms with Gasteiger partial charge in [-0.15, -0.1) is 0 Å². The van der Waals surface area contributed by atoms with Crippen molar-refractivity contribution < 1.29 is 0 Å². The Balaban J connectivity index is 0.971. The maximum Gasteiger partial charge on any atom is 0.238 e. The van der Waals surface area contributed by atoms with Crippen LogP contribution in [0.15, 0.2) is 218 Å². The molecule has 67 heavy (non-hydrogen) atoms. The lowest BCUT2D eigenvalue weighted by Gasteiger charge is -2.12. The summed E-state index contributed by atoms with van der Waals surface area (Å²) in [6.07, 6.45) is 0. The van der Waals surface area contributed by atoms with Crippen molar-refractivity contribution in [2.45, 2.75) is 0 Å². The first-order valence-corrected chi connectivity index (χ1v) is 21.9. The number of benzene rings is 8. The van der Waals surface area contributed by atoms with E-state index >= 15 is 0 Å². The molecule has 0 saturated carbocycles. The summed E-state index contributed by atoms with van der Waals surface area (Å²) >= 11 is 0. The van der Waals surface area contributed by atoms with Gasteiger partial charge in [-0.3, -0.25) is 4.57 Å². The molecule has 0 atom stereocenters. The van der Waals surface area contributed by atoms with Gasteiger partial charge >= 0.3 is 0 Å². The summed E-state index contributed by atoms with van der Waals surface area (Å²) in [7, 11) is 0. The molecule has 10 heteroatoms. The molecule has 0 radical (unpaired) electrons. The Morgan fingerprint density at radius 3 is 0.672 bits per heavy atom. The molecule has 0 amide bonds. The zero-order valence-electron chi connectivity index (χ0n) is 35.8. The predicted molar refractivity (Wildman–Crippen MR) is 264 cm³/mol. The molecule has 0 spiro atoms. The maximum absolute atomic E-state index is 5.20. The average Bonchev–Trinajstić information content (AvgIpc) is 3.76. The van der Waals surface area contributed by atoms with E-state index in [0.29, 0.717) is 52.5 Å². The molecule has 0 aliphatic heterocycles. The van der Waals surface area contributed by atoms with E-state index in [-0.39, 0.29) is 0 Å². The van der Waals surface area contributed by atoms with E-state index in [9.17, 15) is 0 Å². The van der Waals surface area contributed by atoms with E-state index in [2.05, 4.69) is 41.0 Å². The van der Waals surface area contributed by atoms with Gasteiger partial charge in [-0.25, -0.2) is 34.9 Å². The minimum atomic E-state index is 0.500. The van der Waals surface area contributed by atoms with Crippen molar-refractivity contribution in [1.82, 2.24) is 49.4 Å². The molecule has 0 unspecified atom stereocenters. The van der Waals surface area contributed by atoms with E-state index in [1.807, 2.05) is 182 Å². The Morgan fingerprint density at radius 2 is 0.403 bits per heavy atom. The van der Waals surface area contributed by atoms with Crippen LogP contribution in [0, 0.1) is 0 Å². The molecule has 0 bridgehead atoms.